The Morgan fingerprint density at radius 3 is 1.52 bits per heavy atom. The molecule has 2 aromatic rings. The molecule has 0 fully saturated rings. The van der Waals surface area contributed by atoms with Gasteiger partial charge in [0.15, 0.2) is 0 Å². The Bertz CT molecular complexity index is 609. The molecule has 0 spiro atoms. The largest absolute Gasteiger partial charge is 0.405 e. The van der Waals surface area contributed by atoms with Gasteiger partial charge in [-0.2, -0.15) is 0 Å². The van der Waals surface area contributed by atoms with Crippen molar-refractivity contribution in [3.8, 4) is 0 Å². The quantitative estimate of drug-likeness (QED) is 0.806. The molecule has 0 aromatic heterocycles. The number of hydrogen-bond acceptors (Lipinski definition) is 4. The molecule has 2 aromatic carbocycles. The molecule has 0 radical (unpaired) electrons. The lowest BCUT2D eigenvalue weighted by Crippen LogP contribution is -2.05. The molecule has 0 aliphatic rings. The molecule has 2 rings (SSSR count). The zero-order valence-electron chi connectivity index (χ0n) is 11.8. The SMILES string of the molecule is Cc1ccccc1C(=O)OPOC(=O)c1ccccc1C. The normalized spacial score (nSPS) is 10.0. The van der Waals surface area contributed by atoms with Crippen LogP contribution in [0.1, 0.15) is 31.8 Å². The molecule has 0 bridgehead atoms. The van der Waals surface area contributed by atoms with Crippen LogP contribution in [0.15, 0.2) is 48.5 Å². The van der Waals surface area contributed by atoms with Gasteiger partial charge in [-0.15, -0.1) is 0 Å². The van der Waals surface area contributed by atoms with Crippen molar-refractivity contribution in [2.24, 2.45) is 0 Å². The van der Waals surface area contributed by atoms with E-state index in [1.165, 1.54) is 0 Å². The zero-order valence-corrected chi connectivity index (χ0v) is 12.8. The number of aryl methyl sites for hydroxylation is 2. The van der Waals surface area contributed by atoms with Crippen LogP contribution in [0.4, 0.5) is 0 Å². The third kappa shape index (κ3) is 3.89. The zero-order chi connectivity index (χ0) is 15.2. The van der Waals surface area contributed by atoms with Crippen LogP contribution in [0.3, 0.4) is 0 Å². The monoisotopic (exact) mass is 302 g/mol. The van der Waals surface area contributed by atoms with Gasteiger partial charge in [0.05, 0.1) is 11.1 Å². The van der Waals surface area contributed by atoms with E-state index in [2.05, 4.69) is 0 Å². The van der Waals surface area contributed by atoms with Gasteiger partial charge in [-0.05, 0) is 37.1 Å². The van der Waals surface area contributed by atoms with E-state index in [4.69, 9.17) is 9.05 Å². The molecule has 0 amide bonds. The summed E-state index contributed by atoms with van der Waals surface area (Å²) in [6.07, 6.45) is 0. The van der Waals surface area contributed by atoms with Gasteiger partial charge in [-0.3, -0.25) is 0 Å². The third-order valence-corrected chi connectivity index (χ3v) is 3.54. The maximum atomic E-state index is 11.8. The van der Waals surface area contributed by atoms with E-state index >= 15 is 0 Å². The smallest absolute Gasteiger partial charge is 0.343 e. The lowest BCUT2D eigenvalue weighted by atomic mass is 10.1. The van der Waals surface area contributed by atoms with Gasteiger partial charge in [-0.1, -0.05) is 36.4 Å². The highest BCUT2D eigenvalue weighted by Gasteiger charge is 2.13. The summed E-state index contributed by atoms with van der Waals surface area (Å²) < 4.78 is 9.97. The van der Waals surface area contributed by atoms with Gasteiger partial charge >= 0.3 is 11.9 Å². The predicted octanol–water partition coefficient (Wildman–Crippen LogP) is 3.83. The molecular formula is C16H15O4P. The summed E-state index contributed by atoms with van der Waals surface area (Å²) in [5.41, 5.74) is 2.57. The molecule has 0 aliphatic carbocycles. The fourth-order valence-electron chi connectivity index (χ4n) is 1.81. The summed E-state index contributed by atoms with van der Waals surface area (Å²) in [7, 11) is -0.662. The summed E-state index contributed by atoms with van der Waals surface area (Å²) in [5, 5.41) is 0. The Morgan fingerprint density at radius 2 is 1.14 bits per heavy atom. The van der Waals surface area contributed by atoms with E-state index in [-0.39, 0.29) is 0 Å². The van der Waals surface area contributed by atoms with Crippen LogP contribution < -0.4 is 0 Å². The maximum absolute atomic E-state index is 11.8. The van der Waals surface area contributed by atoms with E-state index in [1.54, 1.807) is 24.3 Å². The lowest BCUT2D eigenvalue weighted by Gasteiger charge is -2.07. The molecule has 0 saturated carbocycles. The van der Waals surface area contributed by atoms with E-state index in [9.17, 15) is 9.59 Å². The highest BCUT2D eigenvalue weighted by atomic mass is 31.1. The summed E-state index contributed by atoms with van der Waals surface area (Å²) in [5.74, 6) is -0.993. The molecular weight excluding hydrogens is 287 g/mol. The van der Waals surface area contributed by atoms with Crippen molar-refractivity contribution >= 4 is 21.0 Å². The summed E-state index contributed by atoms with van der Waals surface area (Å²) in [6.45, 7) is 3.64. The van der Waals surface area contributed by atoms with Gasteiger partial charge in [0.1, 0.15) is 0 Å². The molecule has 5 heteroatoms. The Hall–Kier alpha value is -2.19. The molecule has 0 heterocycles. The van der Waals surface area contributed by atoms with Gasteiger partial charge in [-0.25, -0.2) is 9.59 Å². The lowest BCUT2D eigenvalue weighted by molar-refractivity contribution is 0.0683. The first-order valence-corrected chi connectivity index (χ1v) is 7.20. The molecule has 108 valence electrons. The summed E-state index contributed by atoms with van der Waals surface area (Å²) >= 11 is 0. The van der Waals surface area contributed by atoms with Crippen molar-refractivity contribution in [1.29, 1.82) is 0 Å². The molecule has 0 aliphatic heterocycles. The Labute approximate surface area is 125 Å². The number of carbonyl (C=O) groups is 2. The first-order valence-electron chi connectivity index (χ1n) is 6.38. The van der Waals surface area contributed by atoms with Gasteiger partial charge in [0.2, 0.25) is 0 Å². The number of benzene rings is 2. The van der Waals surface area contributed by atoms with Gasteiger partial charge in [0, 0.05) is 0 Å². The first kappa shape index (κ1) is 15.2. The van der Waals surface area contributed by atoms with Crippen LogP contribution in [-0.2, 0) is 9.05 Å². The highest BCUT2D eigenvalue weighted by Crippen LogP contribution is 2.21. The van der Waals surface area contributed by atoms with E-state index < -0.39 is 21.0 Å². The summed E-state index contributed by atoms with van der Waals surface area (Å²) in [4.78, 5) is 23.7. The average molecular weight is 302 g/mol. The molecule has 4 nitrogen and oxygen atoms in total. The van der Waals surface area contributed by atoms with E-state index in [1.807, 2.05) is 38.1 Å². The minimum absolute atomic E-state index is 0.469. The van der Waals surface area contributed by atoms with Crippen molar-refractivity contribution in [2.75, 3.05) is 0 Å². The number of rotatable bonds is 4. The second kappa shape index (κ2) is 7.00. The van der Waals surface area contributed by atoms with Crippen LogP contribution in [0.25, 0.3) is 0 Å². The molecule has 0 atom stereocenters. The van der Waals surface area contributed by atoms with Crippen molar-refractivity contribution < 1.29 is 18.6 Å². The third-order valence-electron chi connectivity index (χ3n) is 3.00. The number of hydrogen-bond donors (Lipinski definition) is 0. The average Bonchev–Trinajstić information content (AvgIpc) is 2.48. The van der Waals surface area contributed by atoms with Crippen LogP contribution in [0.2, 0.25) is 0 Å². The number of carbonyl (C=O) groups excluding carboxylic acids is 2. The molecule has 0 N–H and O–H groups in total. The standard InChI is InChI=1S/C16H15O4P/c1-11-7-3-5-9-13(11)15(17)19-21-20-16(18)14-10-6-4-8-12(14)2/h3-10,21H,1-2H3. The highest BCUT2D eigenvalue weighted by molar-refractivity contribution is 7.27. The minimum Gasteiger partial charge on any atom is -0.405 e. The maximum Gasteiger partial charge on any atom is 0.343 e. The Morgan fingerprint density at radius 1 is 0.762 bits per heavy atom. The van der Waals surface area contributed by atoms with Gasteiger partial charge < -0.3 is 9.05 Å². The topological polar surface area (TPSA) is 52.6 Å². The van der Waals surface area contributed by atoms with Crippen molar-refractivity contribution in [1.82, 2.24) is 0 Å². The second-order valence-electron chi connectivity index (χ2n) is 4.49. The van der Waals surface area contributed by atoms with Crippen molar-refractivity contribution in [3.63, 3.8) is 0 Å². The van der Waals surface area contributed by atoms with E-state index in [0.29, 0.717) is 11.1 Å². The molecule has 0 saturated heterocycles. The molecule has 0 unspecified atom stereocenters. The van der Waals surface area contributed by atoms with Crippen molar-refractivity contribution in [2.45, 2.75) is 13.8 Å². The Kier molecular flexibility index (Phi) is 5.07. The van der Waals surface area contributed by atoms with Crippen LogP contribution in [-0.4, -0.2) is 11.9 Å². The summed E-state index contributed by atoms with van der Waals surface area (Å²) in [6, 6.07) is 14.2. The van der Waals surface area contributed by atoms with Crippen LogP contribution in [0, 0.1) is 13.8 Å². The second-order valence-corrected chi connectivity index (χ2v) is 5.07. The van der Waals surface area contributed by atoms with Gasteiger partial charge in [0.25, 0.3) is 9.03 Å². The Balaban J connectivity index is 1.90. The van der Waals surface area contributed by atoms with Crippen LogP contribution >= 0.6 is 9.03 Å². The van der Waals surface area contributed by atoms with E-state index in [0.717, 1.165) is 11.1 Å². The fourth-order valence-corrected chi connectivity index (χ4v) is 2.22. The minimum atomic E-state index is -0.662. The molecule has 21 heavy (non-hydrogen) atoms. The predicted molar refractivity (Wildman–Crippen MR) is 81.5 cm³/mol. The first-order chi connectivity index (χ1) is 10.1. The van der Waals surface area contributed by atoms with Crippen LogP contribution in [0.5, 0.6) is 0 Å². The van der Waals surface area contributed by atoms with Crippen molar-refractivity contribution in [3.05, 3.63) is 70.8 Å². The fraction of sp³-hybridized carbons (Fsp3) is 0.125.